The third-order valence-electron chi connectivity index (χ3n) is 3.10. The minimum atomic E-state index is -0.464. The summed E-state index contributed by atoms with van der Waals surface area (Å²) in [5, 5.41) is 2.83. The van der Waals surface area contributed by atoms with Crippen LogP contribution >= 0.6 is 0 Å². The van der Waals surface area contributed by atoms with Crippen molar-refractivity contribution in [2.24, 2.45) is 0 Å². The molecule has 0 saturated carbocycles. The molecule has 0 aromatic heterocycles. The molecule has 0 aliphatic heterocycles. The molecule has 0 bridgehead atoms. The van der Waals surface area contributed by atoms with E-state index in [0.717, 1.165) is 17.7 Å². The molecular formula is C17H17FN2O. The van der Waals surface area contributed by atoms with Crippen LogP contribution in [0.2, 0.25) is 0 Å². The van der Waals surface area contributed by atoms with E-state index in [9.17, 15) is 9.18 Å². The summed E-state index contributed by atoms with van der Waals surface area (Å²) >= 11 is 0. The lowest BCUT2D eigenvalue weighted by Gasteiger charge is -2.07. The van der Waals surface area contributed by atoms with Crippen LogP contribution < -0.4 is 11.1 Å². The number of benzene rings is 2. The molecule has 3 nitrogen and oxygen atoms in total. The molecule has 21 heavy (non-hydrogen) atoms. The molecule has 0 spiro atoms. The van der Waals surface area contributed by atoms with Crippen molar-refractivity contribution >= 4 is 23.4 Å². The Morgan fingerprint density at radius 2 is 2.05 bits per heavy atom. The fourth-order valence-electron chi connectivity index (χ4n) is 1.96. The number of anilines is 2. The second kappa shape index (κ2) is 6.70. The van der Waals surface area contributed by atoms with Crippen LogP contribution in [0.4, 0.5) is 15.8 Å². The number of nitrogens with one attached hydrogen (secondary N) is 1. The summed E-state index contributed by atoms with van der Waals surface area (Å²) in [6, 6.07) is 12.0. The number of carbonyl (C=O) groups excluding carboxylic acids is 1. The Morgan fingerprint density at radius 1 is 1.29 bits per heavy atom. The van der Waals surface area contributed by atoms with Gasteiger partial charge in [-0.2, -0.15) is 0 Å². The predicted octanol–water partition coefficient (Wildman–Crippen LogP) is 3.62. The van der Waals surface area contributed by atoms with Crippen molar-refractivity contribution in [3.63, 3.8) is 0 Å². The molecule has 0 radical (unpaired) electrons. The minimum Gasteiger partial charge on any atom is -0.396 e. The van der Waals surface area contributed by atoms with Gasteiger partial charge < -0.3 is 11.1 Å². The maximum absolute atomic E-state index is 13.0. The van der Waals surface area contributed by atoms with Crippen molar-refractivity contribution in [3.8, 4) is 0 Å². The molecular weight excluding hydrogens is 267 g/mol. The minimum absolute atomic E-state index is 0.0638. The molecule has 3 N–H and O–H groups in total. The molecule has 2 aromatic rings. The van der Waals surface area contributed by atoms with Crippen molar-refractivity contribution in [1.29, 1.82) is 0 Å². The quantitative estimate of drug-likeness (QED) is 0.665. The lowest BCUT2D eigenvalue weighted by atomic mass is 10.1. The molecule has 2 aromatic carbocycles. The highest BCUT2D eigenvalue weighted by Gasteiger charge is 2.03. The van der Waals surface area contributed by atoms with Crippen molar-refractivity contribution in [1.82, 2.24) is 0 Å². The van der Waals surface area contributed by atoms with E-state index in [0.29, 0.717) is 5.56 Å². The fourth-order valence-corrected chi connectivity index (χ4v) is 1.96. The SMILES string of the molecule is CCc1ccccc1NC(=O)/C=C/c1ccc(F)c(N)c1. The first kappa shape index (κ1) is 14.8. The molecule has 0 saturated heterocycles. The van der Waals surface area contributed by atoms with Gasteiger partial charge in [0.15, 0.2) is 0 Å². The first-order valence-electron chi connectivity index (χ1n) is 6.72. The number of nitrogens with two attached hydrogens (primary N) is 1. The van der Waals surface area contributed by atoms with E-state index in [1.54, 1.807) is 12.1 Å². The van der Waals surface area contributed by atoms with Gasteiger partial charge in [0.1, 0.15) is 5.82 Å². The normalized spacial score (nSPS) is 10.8. The highest BCUT2D eigenvalue weighted by Crippen LogP contribution is 2.16. The summed E-state index contributed by atoms with van der Waals surface area (Å²) in [7, 11) is 0. The number of hydrogen-bond donors (Lipinski definition) is 2. The molecule has 2 rings (SSSR count). The Bertz CT molecular complexity index is 680. The van der Waals surface area contributed by atoms with E-state index >= 15 is 0 Å². The first-order chi connectivity index (χ1) is 10.1. The number of rotatable bonds is 4. The van der Waals surface area contributed by atoms with Gasteiger partial charge >= 0.3 is 0 Å². The second-order valence-electron chi connectivity index (χ2n) is 4.61. The van der Waals surface area contributed by atoms with Crippen LogP contribution in [0.3, 0.4) is 0 Å². The highest BCUT2D eigenvalue weighted by molar-refractivity contribution is 6.02. The molecule has 1 amide bonds. The molecule has 0 aliphatic rings. The van der Waals surface area contributed by atoms with Crippen LogP contribution in [-0.4, -0.2) is 5.91 Å². The fraction of sp³-hybridized carbons (Fsp3) is 0.118. The molecule has 4 heteroatoms. The maximum atomic E-state index is 13.0. The standard InChI is InChI=1S/C17H17FN2O/c1-2-13-5-3-4-6-16(13)20-17(21)10-8-12-7-9-14(18)15(19)11-12/h3-11H,2,19H2,1H3,(H,20,21)/b10-8+. The highest BCUT2D eigenvalue weighted by atomic mass is 19.1. The van der Waals surface area contributed by atoms with Gasteiger partial charge in [-0.3, -0.25) is 4.79 Å². The Labute approximate surface area is 123 Å². The Hall–Kier alpha value is -2.62. The summed E-state index contributed by atoms with van der Waals surface area (Å²) in [6.07, 6.45) is 3.84. The van der Waals surface area contributed by atoms with Crippen molar-refractivity contribution in [3.05, 3.63) is 65.5 Å². The number of halogens is 1. The average molecular weight is 284 g/mol. The number of hydrogen-bond acceptors (Lipinski definition) is 2. The third kappa shape index (κ3) is 3.92. The van der Waals surface area contributed by atoms with Gasteiger partial charge in [0.25, 0.3) is 0 Å². The van der Waals surface area contributed by atoms with E-state index in [1.807, 2.05) is 31.2 Å². The third-order valence-corrected chi connectivity index (χ3v) is 3.10. The zero-order valence-electron chi connectivity index (χ0n) is 11.8. The van der Waals surface area contributed by atoms with E-state index in [-0.39, 0.29) is 11.6 Å². The topological polar surface area (TPSA) is 55.1 Å². The summed E-state index contributed by atoms with van der Waals surface area (Å²) in [5.74, 6) is -0.702. The van der Waals surface area contributed by atoms with Gasteiger partial charge in [0.05, 0.1) is 5.69 Å². The monoisotopic (exact) mass is 284 g/mol. The largest absolute Gasteiger partial charge is 0.396 e. The van der Waals surface area contributed by atoms with Crippen LogP contribution in [0.25, 0.3) is 6.08 Å². The van der Waals surface area contributed by atoms with Gasteiger partial charge in [-0.15, -0.1) is 0 Å². The van der Waals surface area contributed by atoms with Crippen molar-refractivity contribution in [2.75, 3.05) is 11.1 Å². The average Bonchev–Trinajstić information content (AvgIpc) is 2.49. The zero-order chi connectivity index (χ0) is 15.2. The van der Waals surface area contributed by atoms with Crippen LogP contribution in [0.15, 0.2) is 48.5 Å². The van der Waals surface area contributed by atoms with E-state index in [2.05, 4.69) is 5.32 Å². The smallest absolute Gasteiger partial charge is 0.248 e. The summed E-state index contributed by atoms with van der Waals surface area (Å²) < 4.78 is 13.0. The van der Waals surface area contributed by atoms with Crippen LogP contribution in [-0.2, 0) is 11.2 Å². The molecule has 0 aliphatic carbocycles. The van der Waals surface area contributed by atoms with Crippen LogP contribution in [0.5, 0.6) is 0 Å². The van der Waals surface area contributed by atoms with Gasteiger partial charge in [-0.25, -0.2) is 4.39 Å². The summed E-state index contributed by atoms with van der Waals surface area (Å²) in [5.41, 5.74) is 8.09. The zero-order valence-corrected chi connectivity index (χ0v) is 11.8. The number of para-hydroxylation sites is 1. The molecule has 108 valence electrons. The number of amides is 1. The molecule has 0 fully saturated rings. The Balaban J connectivity index is 2.07. The van der Waals surface area contributed by atoms with Crippen molar-refractivity contribution in [2.45, 2.75) is 13.3 Å². The van der Waals surface area contributed by atoms with Gasteiger partial charge in [0.2, 0.25) is 5.91 Å². The lowest BCUT2D eigenvalue weighted by Crippen LogP contribution is -2.09. The van der Waals surface area contributed by atoms with Crippen LogP contribution in [0, 0.1) is 5.82 Å². The first-order valence-corrected chi connectivity index (χ1v) is 6.72. The Kier molecular flexibility index (Phi) is 4.72. The molecule has 0 atom stereocenters. The number of aryl methyl sites for hydroxylation is 1. The van der Waals surface area contributed by atoms with Gasteiger partial charge in [-0.05, 0) is 41.8 Å². The van der Waals surface area contributed by atoms with Gasteiger partial charge in [0, 0.05) is 11.8 Å². The number of carbonyl (C=O) groups is 1. The van der Waals surface area contributed by atoms with E-state index in [1.165, 1.54) is 18.2 Å². The predicted molar refractivity (Wildman–Crippen MR) is 84.3 cm³/mol. The maximum Gasteiger partial charge on any atom is 0.248 e. The van der Waals surface area contributed by atoms with E-state index in [4.69, 9.17) is 5.73 Å². The number of nitrogen functional groups attached to an aromatic ring is 1. The van der Waals surface area contributed by atoms with Gasteiger partial charge in [-0.1, -0.05) is 31.2 Å². The van der Waals surface area contributed by atoms with E-state index < -0.39 is 5.82 Å². The second-order valence-corrected chi connectivity index (χ2v) is 4.61. The molecule has 0 heterocycles. The lowest BCUT2D eigenvalue weighted by molar-refractivity contribution is -0.111. The summed E-state index contributed by atoms with van der Waals surface area (Å²) in [6.45, 7) is 2.03. The van der Waals surface area contributed by atoms with Crippen molar-refractivity contribution < 1.29 is 9.18 Å². The van der Waals surface area contributed by atoms with Crippen LogP contribution in [0.1, 0.15) is 18.1 Å². The molecule has 0 unspecified atom stereocenters. The summed E-state index contributed by atoms with van der Waals surface area (Å²) in [4.78, 5) is 11.9. The Morgan fingerprint density at radius 3 is 2.76 bits per heavy atom.